The van der Waals surface area contributed by atoms with Crippen LogP contribution in [0.1, 0.15) is 39.5 Å². The average Bonchev–Trinajstić information content (AvgIpc) is 3.00. The summed E-state index contributed by atoms with van der Waals surface area (Å²) in [5.74, 6) is 0.629. The van der Waals surface area contributed by atoms with Crippen molar-refractivity contribution in [2.45, 2.75) is 33.7 Å². The first-order valence-corrected chi connectivity index (χ1v) is 8.03. The molecule has 3 aromatic rings. The Morgan fingerprint density at radius 2 is 2.12 bits per heavy atom. The maximum absolute atomic E-state index is 9.03. The van der Waals surface area contributed by atoms with Crippen molar-refractivity contribution in [3.8, 4) is 17.2 Å². The van der Waals surface area contributed by atoms with E-state index < -0.39 is 13.0 Å². The normalized spacial score (nSPS) is 19.5. The lowest BCUT2D eigenvalue weighted by Crippen LogP contribution is -2.32. The zero-order valence-electron chi connectivity index (χ0n) is 18.5. The van der Waals surface area contributed by atoms with E-state index in [9.17, 15) is 0 Å². The van der Waals surface area contributed by atoms with Crippen molar-refractivity contribution < 1.29 is 10.0 Å². The molecule has 130 valence electrons. The van der Waals surface area contributed by atoms with Crippen LogP contribution in [0.5, 0.6) is 0 Å². The van der Waals surface area contributed by atoms with E-state index in [0.29, 0.717) is 28.3 Å². The molecule has 0 N–H and O–H groups in total. The van der Waals surface area contributed by atoms with E-state index in [1.54, 1.807) is 33.0 Å². The number of hydrogen-bond donors (Lipinski definition) is 0. The van der Waals surface area contributed by atoms with Gasteiger partial charge in [-0.2, -0.15) is 5.26 Å². The van der Waals surface area contributed by atoms with Gasteiger partial charge in [-0.25, -0.2) is 0 Å². The highest BCUT2D eigenvalue weighted by Gasteiger charge is 2.22. The van der Waals surface area contributed by atoms with Gasteiger partial charge in [0.15, 0.2) is 11.5 Å². The van der Waals surface area contributed by atoms with Gasteiger partial charge in [0.25, 0.3) is 0 Å². The summed E-state index contributed by atoms with van der Waals surface area (Å²) in [6.07, 6.45) is 1.45. The van der Waals surface area contributed by atoms with E-state index in [4.69, 9.17) is 15.3 Å². The Hall–Kier alpha value is -3.27. The Balaban J connectivity index is 1.90. The van der Waals surface area contributed by atoms with E-state index in [0.717, 1.165) is 10.5 Å². The molecule has 26 heavy (non-hydrogen) atoms. The highest BCUT2D eigenvalue weighted by Crippen LogP contribution is 2.30. The molecule has 0 saturated carbocycles. The fraction of sp³-hybridized carbons (Fsp3) is 0.316. The van der Waals surface area contributed by atoms with Gasteiger partial charge in [-0.1, -0.05) is 5.16 Å². The second-order valence-electron chi connectivity index (χ2n) is 6.05. The third-order valence-electron chi connectivity index (χ3n) is 4.21. The number of anilines is 1. The molecule has 0 bridgehead atoms. The first-order valence-electron chi connectivity index (χ1n) is 10.0. The number of nitriles is 1. The van der Waals surface area contributed by atoms with E-state index in [1.807, 2.05) is 6.07 Å². The number of fused-ring (bicyclic) bond motifs is 1. The second kappa shape index (κ2) is 6.23. The largest absolute Gasteiger partial charge is 0.361 e. The molecule has 3 aromatic heterocycles. The summed E-state index contributed by atoms with van der Waals surface area (Å²) >= 11 is 0. The maximum atomic E-state index is 9.03. The predicted octanol–water partition coefficient (Wildman–Crippen LogP) is 2.89. The van der Waals surface area contributed by atoms with Gasteiger partial charge in [0, 0.05) is 45.2 Å². The molecular formula is C19H18N6O. The van der Waals surface area contributed by atoms with Crippen molar-refractivity contribution in [3.05, 3.63) is 52.3 Å². The minimum Gasteiger partial charge on any atom is -0.361 e. The Kier molecular flexibility index (Phi) is 2.91. The molecule has 0 radical (unpaired) electrons. The van der Waals surface area contributed by atoms with Gasteiger partial charge < -0.3 is 9.42 Å². The Labute approximate surface area is 156 Å². The SMILES string of the molecule is [2H]C1([2H])Cc2ncc(-c3c(C)noc3C)cc2C([2H])([2H])N1c1nnc(C#N)cc1C. The Morgan fingerprint density at radius 1 is 1.27 bits per heavy atom. The third kappa shape index (κ3) is 2.69. The molecule has 0 aromatic carbocycles. The maximum Gasteiger partial charge on any atom is 0.163 e. The lowest BCUT2D eigenvalue weighted by Gasteiger charge is -2.30. The Bertz CT molecular complexity index is 1180. The highest BCUT2D eigenvalue weighted by molar-refractivity contribution is 5.68. The molecule has 7 heteroatoms. The molecular weight excluding hydrogens is 328 g/mol. The van der Waals surface area contributed by atoms with Crippen LogP contribution in [0.2, 0.25) is 0 Å². The van der Waals surface area contributed by atoms with E-state index >= 15 is 0 Å². The molecule has 0 unspecified atom stereocenters. The molecule has 0 amide bonds. The van der Waals surface area contributed by atoms with E-state index in [1.165, 1.54) is 6.07 Å². The molecule has 4 heterocycles. The number of hydrogen-bond acceptors (Lipinski definition) is 7. The van der Waals surface area contributed by atoms with Crippen LogP contribution in [-0.2, 0) is 12.9 Å². The fourth-order valence-corrected chi connectivity index (χ4v) is 2.96. The van der Waals surface area contributed by atoms with Crippen LogP contribution < -0.4 is 4.90 Å². The summed E-state index contributed by atoms with van der Waals surface area (Å²) in [5.41, 5.74) is 3.13. The summed E-state index contributed by atoms with van der Waals surface area (Å²) in [7, 11) is 0. The van der Waals surface area contributed by atoms with Crippen LogP contribution in [0.3, 0.4) is 0 Å². The van der Waals surface area contributed by atoms with Gasteiger partial charge in [-0.3, -0.25) is 4.98 Å². The van der Waals surface area contributed by atoms with Crippen LogP contribution in [0.25, 0.3) is 11.1 Å². The van der Waals surface area contributed by atoms with Crippen molar-refractivity contribution in [3.63, 3.8) is 0 Å². The molecule has 7 nitrogen and oxygen atoms in total. The third-order valence-corrected chi connectivity index (χ3v) is 4.21. The van der Waals surface area contributed by atoms with Crippen molar-refractivity contribution in [1.29, 1.82) is 5.26 Å². The molecule has 1 aliphatic rings. The van der Waals surface area contributed by atoms with Crippen LogP contribution in [0, 0.1) is 32.1 Å². The van der Waals surface area contributed by atoms with Crippen molar-refractivity contribution >= 4 is 5.82 Å². The molecule has 0 fully saturated rings. The van der Waals surface area contributed by atoms with E-state index in [-0.39, 0.29) is 23.5 Å². The minimum atomic E-state index is -2.27. The molecule has 0 aliphatic carbocycles. The predicted molar refractivity (Wildman–Crippen MR) is 95.4 cm³/mol. The fourth-order valence-electron chi connectivity index (χ4n) is 2.96. The molecule has 1 aliphatic heterocycles. The lowest BCUT2D eigenvalue weighted by molar-refractivity contribution is 0.393. The van der Waals surface area contributed by atoms with Gasteiger partial charge in [0.1, 0.15) is 11.8 Å². The van der Waals surface area contributed by atoms with Crippen molar-refractivity contribution in [1.82, 2.24) is 20.3 Å². The molecule has 4 rings (SSSR count). The number of pyridine rings is 1. The van der Waals surface area contributed by atoms with Crippen molar-refractivity contribution in [2.24, 2.45) is 0 Å². The van der Waals surface area contributed by atoms with Gasteiger partial charge in [0.05, 0.1) is 8.44 Å². The second-order valence-corrected chi connectivity index (χ2v) is 6.05. The average molecular weight is 350 g/mol. The topological polar surface area (TPSA) is 91.7 Å². The standard InChI is InChI=1S/C19H18N6O/c1-11-6-16(8-20)22-23-19(11)25-5-4-17-15(10-25)7-14(9-21-17)18-12(2)24-26-13(18)3/h6-7,9H,4-5,10H2,1-3H3/i5D2,10D2. The molecule has 0 atom stereocenters. The smallest absolute Gasteiger partial charge is 0.163 e. The van der Waals surface area contributed by atoms with Crippen LogP contribution in [0.4, 0.5) is 5.82 Å². The van der Waals surface area contributed by atoms with Crippen LogP contribution in [0.15, 0.2) is 22.9 Å². The summed E-state index contributed by atoms with van der Waals surface area (Å²) in [4.78, 5) is 5.35. The van der Waals surface area contributed by atoms with Gasteiger partial charge in [-0.15, -0.1) is 10.2 Å². The number of rotatable bonds is 2. The first-order chi connectivity index (χ1) is 14.1. The Morgan fingerprint density at radius 3 is 2.81 bits per heavy atom. The summed E-state index contributed by atoms with van der Waals surface area (Å²) < 4.78 is 39.9. The highest BCUT2D eigenvalue weighted by atomic mass is 16.5. The first kappa shape index (κ1) is 12.1. The van der Waals surface area contributed by atoms with Crippen LogP contribution >= 0.6 is 0 Å². The van der Waals surface area contributed by atoms with Gasteiger partial charge >= 0.3 is 0 Å². The van der Waals surface area contributed by atoms with Crippen molar-refractivity contribution in [2.75, 3.05) is 11.4 Å². The summed E-state index contributed by atoms with van der Waals surface area (Å²) in [6, 6.07) is 5.00. The molecule has 0 saturated heterocycles. The van der Waals surface area contributed by atoms with Gasteiger partial charge in [-0.05, 0) is 44.0 Å². The number of aryl methyl sites for hydroxylation is 4. The van der Waals surface area contributed by atoms with E-state index in [2.05, 4.69) is 20.3 Å². The lowest BCUT2D eigenvalue weighted by atomic mass is 9.99. The van der Waals surface area contributed by atoms with Crippen LogP contribution in [-0.4, -0.2) is 26.8 Å². The zero-order valence-corrected chi connectivity index (χ0v) is 14.5. The summed E-state index contributed by atoms with van der Waals surface area (Å²) in [5, 5.41) is 20.7. The van der Waals surface area contributed by atoms with Gasteiger partial charge in [0.2, 0.25) is 0 Å². The monoisotopic (exact) mass is 350 g/mol. The number of aromatic nitrogens is 4. The zero-order chi connectivity index (χ0) is 21.8. The molecule has 0 spiro atoms. The number of nitrogens with zero attached hydrogens (tertiary/aromatic N) is 6. The quantitative estimate of drug-likeness (QED) is 0.701. The summed E-state index contributed by atoms with van der Waals surface area (Å²) in [6.45, 7) is 0.823. The minimum absolute atomic E-state index is 0.0393.